The lowest BCUT2D eigenvalue weighted by Crippen LogP contribution is -2.42. The summed E-state index contributed by atoms with van der Waals surface area (Å²) in [4.78, 5) is 12.4. The Bertz CT molecular complexity index is 1170. The Kier molecular flexibility index (Phi) is 6.03. The van der Waals surface area contributed by atoms with Gasteiger partial charge in [-0.25, -0.2) is 5.01 Å². The Morgan fingerprint density at radius 3 is 2.58 bits per heavy atom. The molecule has 1 heterocycles. The first kappa shape index (κ1) is 22.3. The predicted molar refractivity (Wildman–Crippen MR) is 117 cm³/mol. The molecule has 1 amide bonds. The van der Waals surface area contributed by atoms with E-state index in [0.717, 1.165) is 0 Å². The van der Waals surface area contributed by atoms with Gasteiger partial charge >= 0.3 is 0 Å². The van der Waals surface area contributed by atoms with E-state index in [9.17, 15) is 23.4 Å². The Morgan fingerprint density at radius 2 is 1.87 bits per heavy atom. The standard InChI is InChI=1S/C21H24N4O5S/c1-21(2,3)23-18(27)11-12-25(22-13-14-7-6-9-16(26)19(14)28)20-15-8-4-5-10-17(15)31(29,30)24-20/h4-10,13,26,28H,11-12H2,1-3H3,(H,23,27)/b22-13+. The molecule has 0 unspecified atom stereocenters. The number of fused-ring (bicyclic) bond motifs is 1. The fourth-order valence-electron chi connectivity index (χ4n) is 2.97. The summed E-state index contributed by atoms with van der Waals surface area (Å²) in [7, 11) is -3.88. The van der Waals surface area contributed by atoms with E-state index in [1.54, 1.807) is 18.2 Å². The number of benzene rings is 2. The van der Waals surface area contributed by atoms with Gasteiger partial charge in [0.15, 0.2) is 17.3 Å². The minimum Gasteiger partial charge on any atom is -0.504 e. The Labute approximate surface area is 180 Å². The first-order chi connectivity index (χ1) is 14.5. The van der Waals surface area contributed by atoms with Crippen molar-refractivity contribution < 1.29 is 23.4 Å². The van der Waals surface area contributed by atoms with Crippen molar-refractivity contribution in [3.8, 4) is 11.5 Å². The third kappa shape index (κ3) is 5.21. The smallest absolute Gasteiger partial charge is 0.285 e. The molecule has 3 N–H and O–H groups in total. The van der Waals surface area contributed by atoms with Crippen LogP contribution in [0.4, 0.5) is 0 Å². The van der Waals surface area contributed by atoms with Gasteiger partial charge in [-0.3, -0.25) is 4.79 Å². The lowest BCUT2D eigenvalue weighted by molar-refractivity contribution is -0.122. The number of nitrogens with zero attached hydrogens (tertiary/aromatic N) is 3. The molecule has 1 aliphatic rings. The van der Waals surface area contributed by atoms with Gasteiger partial charge in [0.05, 0.1) is 12.8 Å². The van der Waals surface area contributed by atoms with E-state index in [1.807, 2.05) is 20.8 Å². The van der Waals surface area contributed by atoms with Crippen molar-refractivity contribution in [3.05, 3.63) is 53.6 Å². The molecule has 31 heavy (non-hydrogen) atoms. The minimum absolute atomic E-state index is 0.0296. The van der Waals surface area contributed by atoms with Crippen molar-refractivity contribution in [1.29, 1.82) is 0 Å². The largest absolute Gasteiger partial charge is 0.504 e. The number of para-hydroxylation sites is 1. The number of rotatable bonds is 5. The molecule has 0 aromatic heterocycles. The van der Waals surface area contributed by atoms with Crippen LogP contribution in [0, 0.1) is 0 Å². The van der Waals surface area contributed by atoms with Gasteiger partial charge in [0.2, 0.25) is 5.91 Å². The molecule has 0 fully saturated rings. The number of phenolic OH excluding ortho intramolecular Hbond substituents is 2. The topological polar surface area (TPSA) is 132 Å². The number of carbonyl (C=O) groups is 1. The van der Waals surface area contributed by atoms with Crippen LogP contribution < -0.4 is 5.32 Å². The van der Waals surface area contributed by atoms with Crippen LogP contribution in [-0.4, -0.2) is 53.7 Å². The number of amides is 1. The highest BCUT2D eigenvalue weighted by atomic mass is 32.2. The SMILES string of the molecule is CC(C)(C)NC(=O)CCN(/N=C/c1cccc(O)c1O)C1=NS(=O)(=O)c2ccccc21. The van der Waals surface area contributed by atoms with Crippen LogP contribution in [-0.2, 0) is 14.8 Å². The number of hydrogen-bond donors (Lipinski definition) is 3. The van der Waals surface area contributed by atoms with Crippen molar-refractivity contribution in [2.45, 2.75) is 37.6 Å². The van der Waals surface area contributed by atoms with E-state index in [4.69, 9.17) is 0 Å². The summed E-state index contributed by atoms with van der Waals surface area (Å²) in [6, 6.07) is 10.7. The van der Waals surface area contributed by atoms with E-state index in [2.05, 4.69) is 14.8 Å². The van der Waals surface area contributed by atoms with Gasteiger partial charge < -0.3 is 15.5 Å². The summed E-state index contributed by atoms with van der Waals surface area (Å²) < 4.78 is 28.7. The van der Waals surface area contributed by atoms with Crippen molar-refractivity contribution in [2.24, 2.45) is 9.50 Å². The molecule has 164 valence electrons. The van der Waals surface area contributed by atoms with E-state index in [0.29, 0.717) is 5.56 Å². The molecule has 0 atom stereocenters. The zero-order valence-corrected chi connectivity index (χ0v) is 18.2. The highest BCUT2D eigenvalue weighted by Gasteiger charge is 2.32. The molecule has 3 rings (SSSR count). The molecule has 2 aromatic rings. The molecule has 9 nitrogen and oxygen atoms in total. The Morgan fingerprint density at radius 1 is 1.16 bits per heavy atom. The van der Waals surface area contributed by atoms with E-state index >= 15 is 0 Å². The monoisotopic (exact) mass is 444 g/mol. The number of carbonyl (C=O) groups excluding carboxylic acids is 1. The van der Waals surface area contributed by atoms with Gasteiger partial charge in [0.25, 0.3) is 10.0 Å². The van der Waals surface area contributed by atoms with Gasteiger partial charge in [-0.2, -0.15) is 13.5 Å². The zero-order chi connectivity index (χ0) is 22.8. The molecule has 0 bridgehead atoms. The number of sulfonamides is 1. The molecule has 0 aliphatic carbocycles. The molecule has 0 radical (unpaired) electrons. The van der Waals surface area contributed by atoms with Crippen LogP contribution in [0.15, 0.2) is 56.9 Å². The maximum atomic E-state index is 12.4. The number of aromatic hydroxyl groups is 2. The van der Waals surface area contributed by atoms with Crippen molar-refractivity contribution in [1.82, 2.24) is 10.3 Å². The van der Waals surface area contributed by atoms with Crippen molar-refractivity contribution in [3.63, 3.8) is 0 Å². The summed E-state index contributed by atoms with van der Waals surface area (Å²) in [5, 5.41) is 28.1. The van der Waals surface area contributed by atoms with Crippen LogP contribution in [0.25, 0.3) is 0 Å². The van der Waals surface area contributed by atoms with Gasteiger partial charge in [0.1, 0.15) is 4.90 Å². The third-order valence-corrected chi connectivity index (χ3v) is 5.63. The molecule has 0 spiro atoms. The number of amidine groups is 1. The highest BCUT2D eigenvalue weighted by Crippen LogP contribution is 2.29. The number of hydrazone groups is 1. The van der Waals surface area contributed by atoms with Crippen molar-refractivity contribution >= 4 is 28.0 Å². The van der Waals surface area contributed by atoms with Crippen LogP contribution in [0.2, 0.25) is 0 Å². The molecule has 0 saturated heterocycles. The van der Waals surface area contributed by atoms with Crippen LogP contribution >= 0.6 is 0 Å². The van der Waals surface area contributed by atoms with E-state index in [1.165, 1.54) is 35.5 Å². The lowest BCUT2D eigenvalue weighted by Gasteiger charge is -2.22. The first-order valence-electron chi connectivity index (χ1n) is 9.56. The van der Waals surface area contributed by atoms with Gasteiger partial charge in [-0.05, 0) is 45.0 Å². The Hall–Kier alpha value is -3.40. The average Bonchev–Trinajstić information content (AvgIpc) is 2.95. The lowest BCUT2D eigenvalue weighted by atomic mass is 10.1. The van der Waals surface area contributed by atoms with E-state index in [-0.39, 0.29) is 46.7 Å². The number of hydrogen-bond acceptors (Lipinski definition) is 7. The van der Waals surface area contributed by atoms with Crippen LogP contribution in [0.3, 0.4) is 0 Å². The van der Waals surface area contributed by atoms with Gasteiger partial charge in [-0.1, -0.05) is 18.2 Å². The average molecular weight is 445 g/mol. The number of nitrogens with one attached hydrogen (secondary N) is 1. The fourth-order valence-corrected chi connectivity index (χ4v) is 4.17. The maximum absolute atomic E-state index is 12.4. The second kappa shape index (κ2) is 8.38. The maximum Gasteiger partial charge on any atom is 0.285 e. The molecule has 2 aromatic carbocycles. The second-order valence-electron chi connectivity index (χ2n) is 8.02. The normalized spacial score (nSPS) is 14.9. The summed E-state index contributed by atoms with van der Waals surface area (Å²) in [6.45, 7) is 5.61. The van der Waals surface area contributed by atoms with Crippen LogP contribution in [0.1, 0.15) is 38.3 Å². The predicted octanol–water partition coefficient (Wildman–Crippen LogP) is 2.19. The third-order valence-electron chi connectivity index (χ3n) is 4.30. The van der Waals surface area contributed by atoms with Gasteiger partial charge in [-0.15, -0.1) is 4.40 Å². The molecule has 1 aliphatic heterocycles. The molecule has 0 saturated carbocycles. The molecule has 10 heteroatoms. The second-order valence-corrected chi connectivity index (χ2v) is 9.59. The molecular formula is C21H24N4O5S. The summed E-state index contributed by atoms with van der Waals surface area (Å²) in [5.41, 5.74) is 0.175. The zero-order valence-electron chi connectivity index (χ0n) is 17.4. The summed E-state index contributed by atoms with van der Waals surface area (Å²) >= 11 is 0. The summed E-state index contributed by atoms with van der Waals surface area (Å²) in [6.07, 6.45) is 1.30. The summed E-state index contributed by atoms with van der Waals surface area (Å²) in [5.74, 6) is -0.832. The minimum atomic E-state index is -3.88. The van der Waals surface area contributed by atoms with Crippen LogP contribution in [0.5, 0.6) is 11.5 Å². The Balaban J connectivity index is 1.94. The fraction of sp³-hybridized carbons (Fsp3) is 0.286. The van der Waals surface area contributed by atoms with Crippen molar-refractivity contribution in [2.75, 3.05) is 6.54 Å². The van der Waals surface area contributed by atoms with E-state index < -0.39 is 15.6 Å². The quantitative estimate of drug-likeness (QED) is 0.368. The molecular weight excluding hydrogens is 420 g/mol. The first-order valence-corrected chi connectivity index (χ1v) is 11.0. The van der Waals surface area contributed by atoms with Gasteiger partial charge in [0, 0.05) is 23.1 Å². The highest BCUT2D eigenvalue weighted by molar-refractivity contribution is 7.90. The number of phenols is 2.